The van der Waals surface area contributed by atoms with Crippen LogP contribution in [0.15, 0.2) is 23.1 Å². The maximum atomic E-state index is 11.7. The SMILES string of the molecule is COCC(CO)NCc1c(Cl)cccc1S(C)(=O)=O. The van der Waals surface area contributed by atoms with Gasteiger partial charge in [0, 0.05) is 30.5 Å². The molecule has 1 unspecified atom stereocenters. The molecular weight excluding hydrogens is 290 g/mol. The molecule has 0 saturated carbocycles. The van der Waals surface area contributed by atoms with Gasteiger partial charge in [-0.3, -0.25) is 0 Å². The molecule has 1 aromatic carbocycles. The summed E-state index contributed by atoms with van der Waals surface area (Å²) in [5.41, 5.74) is 0.501. The number of nitrogens with one attached hydrogen (secondary N) is 1. The van der Waals surface area contributed by atoms with Crippen molar-refractivity contribution in [1.29, 1.82) is 0 Å². The maximum absolute atomic E-state index is 11.7. The number of rotatable bonds is 7. The van der Waals surface area contributed by atoms with Crippen LogP contribution in [0.5, 0.6) is 0 Å². The van der Waals surface area contributed by atoms with Gasteiger partial charge in [0.25, 0.3) is 0 Å². The minimum absolute atomic E-state index is 0.105. The van der Waals surface area contributed by atoms with Gasteiger partial charge in [-0.05, 0) is 12.1 Å². The fourth-order valence-electron chi connectivity index (χ4n) is 1.68. The lowest BCUT2D eigenvalue weighted by molar-refractivity contribution is 0.128. The molecule has 0 aliphatic carbocycles. The van der Waals surface area contributed by atoms with Crippen molar-refractivity contribution in [3.05, 3.63) is 28.8 Å². The highest BCUT2D eigenvalue weighted by atomic mass is 35.5. The van der Waals surface area contributed by atoms with Gasteiger partial charge in [-0.15, -0.1) is 0 Å². The van der Waals surface area contributed by atoms with E-state index in [4.69, 9.17) is 21.4 Å². The lowest BCUT2D eigenvalue weighted by Gasteiger charge is -2.17. The predicted octanol–water partition coefficient (Wildman–Crippen LogP) is 0.840. The summed E-state index contributed by atoms with van der Waals surface area (Å²) in [6.07, 6.45) is 1.14. The van der Waals surface area contributed by atoms with Crippen LogP contribution in [0.4, 0.5) is 0 Å². The minimum atomic E-state index is -3.34. The number of benzene rings is 1. The Hall–Kier alpha value is -0.660. The molecular formula is C12H18ClNO4S. The van der Waals surface area contributed by atoms with Gasteiger partial charge in [0.2, 0.25) is 0 Å². The smallest absolute Gasteiger partial charge is 0.175 e. The van der Waals surface area contributed by atoms with E-state index in [1.807, 2.05) is 0 Å². The van der Waals surface area contributed by atoms with Crippen molar-refractivity contribution in [2.45, 2.75) is 17.5 Å². The molecule has 0 radical (unpaired) electrons. The highest BCUT2D eigenvalue weighted by Gasteiger charge is 2.16. The van der Waals surface area contributed by atoms with Gasteiger partial charge in [0.15, 0.2) is 9.84 Å². The molecule has 1 rings (SSSR count). The van der Waals surface area contributed by atoms with Crippen LogP contribution in [0, 0.1) is 0 Å². The summed E-state index contributed by atoms with van der Waals surface area (Å²) >= 11 is 6.04. The third-order valence-corrected chi connectivity index (χ3v) is 4.17. The van der Waals surface area contributed by atoms with Crippen molar-refractivity contribution in [3.8, 4) is 0 Å². The van der Waals surface area contributed by atoms with Crippen molar-refractivity contribution in [1.82, 2.24) is 5.32 Å². The van der Waals surface area contributed by atoms with Crippen molar-refractivity contribution in [3.63, 3.8) is 0 Å². The summed E-state index contributed by atoms with van der Waals surface area (Å²) in [5.74, 6) is 0. The molecule has 108 valence electrons. The van der Waals surface area contributed by atoms with Crippen LogP contribution in [-0.2, 0) is 21.1 Å². The Balaban J connectivity index is 2.94. The maximum Gasteiger partial charge on any atom is 0.175 e. The second-order valence-electron chi connectivity index (χ2n) is 4.20. The molecule has 0 aromatic heterocycles. The Kier molecular flexibility index (Phi) is 6.22. The molecule has 1 aromatic rings. The summed E-state index contributed by atoms with van der Waals surface area (Å²) in [6, 6.07) is 4.48. The number of halogens is 1. The lowest BCUT2D eigenvalue weighted by Crippen LogP contribution is -2.36. The molecule has 5 nitrogen and oxygen atoms in total. The first-order valence-corrected chi connectivity index (χ1v) is 7.97. The standard InChI is InChI=1S/C12H18ClNO4S/c1-18-8-9(7-15)14-6-10-11(13)4-3-5-12(10)19(2,16)17/h3-5,9,14-15H,6-8H2,1-2H3. The summed E-state index contributed by atoms with van der Waals surface area (Å²) in [5, 5.41) is 12.5. The summed E-state index contributed by atoms with van der Waals surface area (Å²) in [4.78, 5) is 0.196. The number of sulfone groups is 1. The van der Waals surface area contributed by atoms with Gasteiger partial charge >= 0.3 is 0 Å². The van der Waals surface area contributed by atoms with E-state index < -0.39 is 9.84 Å². The van der Waals surface area contributed by atoms with Crippen molar-refractivity contribution in [2.75, 3.05) is 26.6 Å². The van der Waals surface area contributed by atoms with E-state index in [0.717, 1.165) is 6.26 Å². The van der Waals surface area contributed by atoms with Crippen LogP contribution < -0.4 is 5.32 Å². The Morgan fingerprint density at radius 1 is 1.47 bits per heavy atom. The average molecular weight is 308 g/mol. The first-order valence-electron chi connectivity index (χ1n) is 5.70. The number of ether oxygens (including phenoxy) is 1. The quantitative estimate of drug-likeness (QED) is 0.781. The third kappa shape index (κ3) is 4.74. The van der Waals surface area contributed by atoms with E-state index in [9.17, 15) is 8.42 Å². The van der Waals surface area contributed by atoms with E-state index in [1.165, 1.54) is 13.2 Å². The summed E-state index contributed by atoms with van der Waals surface area (Å²) in [6.45, 7) is 0.471. The molecule has 0 bridgehead atoms. The van der Waals surface area contributed by atoms with Gasteiger partial charge in [-0.25, -0.2) is 8.42 Å². The molecule has 7 heteroatoms. The molecule has 0 saturated heterocycles. The molecule has 0 spiro atoms. The number of hydrogen-bond donors (Lipinski definition) is 2. The van der Waals surface area contributed by atoms with Crippen molar-refractivity contribution >= 4 is 21.4 Å². The van der Waals surface area contributed by atoms with Crippen LogP contribution >= 0.6 is 11.6 Å². The second kappa shape index (κ2) is 7.21. The molecule has 0 aliphatic heterocycles. The minimum Gasteiger partial charge on any atom is -0.395 e. The monoisotopic (exact) mass is 307 g/mol. The molecule has 1 atom stereocenters. The molecule has 0 fully saturated rings. The fourth-order valence-corrected chi connectivity index (χ4v) is 2.93. The molecule has 19 heavy (non-hydrogen) atoms. The first kappa shape index (κ1) is 16.4. The largest absolute Gasteiger partial charge is 0.395 e. The van der Waals surface area contributed by atoms with E-state index in [1.54, 1.807) is 12.1 Å². The zero-order valence-electron chi connectivity index (χ0n) is 10.9. The first-order chi connectivity index (χ1) is 8.90. The van der Waals surface area contributed by atoms with Gasteiger partial charge in [-0.2, -0.15) is 0 Å². The van der Waals surface area contributed by atoms with Crippen LogP contribution in [0.1, 0.15) is 5.56 Å². The molecule has 0 heterocycles. The lowest BCUT2D eigenvalue weighted by atomic mass is 10.2. The third-order valence-electron chi connectivity index (χ3n) is 2.63. The van der Waals surface area contributed by atoms with Crippen LogP contribution in [-0.4, -0.2) is 46.1 Å². The topological polar surface area (TPSA) is 75.6 Å². The fraction of sp³-hybridized carbons (Fsp3) is 0.500. The Bertz CT molecular complexity index is 518. The second-order valence-corrected chi connectivity index (χ2v) is 6.60. The molecule has 0 aliphatic rings. The van der Waals surface area contributed by atoms with Gasteiger partial charge in [0.05, 0.1) is 24.2 Å². The van der Waals surface area contributed by atoms with Crippen LogP contribution in [0.25, 0.3) is 0 Å². The van der Waals surface area contributed by atoms with E-state index in [0.29, 0.717) is 17.2 Å². The van der Waals surface area contributed by atoms with Gasteiger partial charge in [-0.1, -0.05) is 17.7 Å². The number of aliphatic hydroxyl groups excluding tert-OH is 1. The van der Waals surface area contributed by atoms with Crippen LogP contribution in [0.2, 0.25) is 5.02 Å². The van der Waals surface area contributed by atoms with E-state index in [-0.39, 0.29) is 24.1 Å². The Morgan fingerprint density at radius 2 is 2.16 bits per heavy atom. The van der Waals surface area contributed by atoms with Crippen LogP contribution in [0.3, 0.4) is 0 Å². The normalized spacial score (nSPS) is 13.5. The molecule has 0 amide bonds. The zero-order valence-corrected chi connectivity index (χ0v) is 12.5. The predicted molar refractivity (Wildman–Crippen MR) is 74.2 cm³/mol. The number of aliphatic hydroxyl groups is 1. The zero-order chi connectivity index (χ0) is 14.5. The Morgan fingerprint density at radius 3 is 2.68 bits per heavy atom. The van der Waals surface area contributed by atoms with Crippen molar-refractivity contribution < 1.29 is 18.3 Å². The highest BCUT2D eigenvalue weighted by molar-refractivity contribution is 7.90. The van der Waals surface area contributed by atoms with Gasteiger partial charge in [0.1, 0.15) is 0 Å². The summed E-state index contributed by atoms with van der Waals surface area (Å²) < 4.78 is 28.3. The van der Waals surface area contributed by atoms with Crippen molar-refractivity contribution in [2.24, 2.45) is 0 Å². The average Bonchev–Trinajstić information content (AvgIpc) is 2.34. The number of methoxy groups -OCH3 is 1. The van der Waals surface area contributed by atoms with E-state index in [2.05, 4.69) is 5.32 Å². The molecule has 2 N–H and O–H groups in total. The highest BCUT2D eigenvalue weighted by Crippen LogP contribution is 2.23. The Labute approximate surface area is 118 Å². The summed E-state index contributed by atoms with van der Waals surface area (Å²) in [7, 11) is -1.81. The van der Waals surface area contributed by atoms with Gasteiger partial charge < -0.3 is 15.2 Å². The number of hydrogen-bond acceptors (Lipinski definition) is 5. The van der Waals surface area contributed by atoms with E-state index >= 15 is 0 Å².